The second-order valence-electron chi connectivity index (χ2n) is 4.50. The van der Waals surface area contributed by atoms with Crippen molar-refractivity contribution >= 4 is 45.0 Å². The Kier molecular flexibility index (Phi) is 4.73. The summed E-state index contributed by atoms with van der Waals surface area (Å²) in [5.41, 5.74) is 5.53. The van der Waals surface area contributed by atoms with Gasteiger partial charge in [-0.05, 0) is 26.0 Å². The van der Waals surface area contributed by atoms with Crippen LogP contribution < -0.4 is 15.8 Å². The maximum atomic E-state index is 11.8. The lowest BCUT2D eigenvalue weighted by atomic mass is 10.1. The van der Waals surface area contributed by atoms with Gasteiger partial charge in [0, 0.05) is 0 Å². The van der Waals surface area contributed by atoms with Gasteiger partial charge in [-0.15, -0.1) is 12.4 Å². The summed E-state index contributed by atoms with van der Waals surface area (Å²) in [7, 11) is 1.59. The van der Waals surface area contributed by atoms with E-state index in [1.165, 1.54) is 11.3 Å². The molecular weight excluding hydrogens is 286 g/mol. The first-order chi connectivity index (χ1) is 8.41. The van der Waals surface area contributed by atoms with Crippen molar-refractivity contribution in [3.05, 3.63) is 18.2 Å². The zero-order chi connectivity index (χ0) is 13.3. The number of nitrogens with zero attached hydrogens (tertiary/aromatic N) is 1. The molecule has 1 aromatic heterocycles. The van der Waals surface area contributed by atoms with Gasteiger partial charge >= 0.3 is 0 Å². The maximum Gasteiger partial charge on any atom is 0.245 e. The molecule has 1 aromatic carbocycles. The number of rotatable bonds is 3. The third-order valence-electron chi connectivity index (χ3n) is 2.41. The number of para-hydroxylation sites is 1. The molecule has 0 fully saturated rings. The van der Waals surface area contributed by atoms with E-state index in [1.54, 1.807) is 21.0 Å². The summed E-state index contributed by atoms with van der Waals surface area (Å²) in [5, 5.41) is 3.24. The molecular formula is C12H16ClN3O2S. The van der Waals surface area contributed by atoms with Crippen molar-refractivity contribution in [3.63, 3.8) is 0 Å². The summed E-state index contributed by atoms with van der Waals surface area (Å²) in [5.74, 6) is 0.428. The molecule has 0 aliphatic carbocycles. The van der Waals surface area contributed by atoms with Gasteiger partial charge in [-0.25, -0.2) is 4.98 Å². The van der Waals surface area contributed by atoms with Crippen LogP contribution in [-0.2, 0) is 4.79 Å². The molecule has 0 saturated heterocycles. The minimum atomic E-state index is -0.929. The first-order valence-corrected chi connectivity index (χ1v) is 6.27. The Balaban J connectivity index is 0.00000180. The van der Waals surface area contributed by atoms with Crippen molar-refractivity contribution in [3.8, 4) is 5.75 Å². The molecule has 0 aliphatic rings. The van der Waals surface area contributed by atoms with E-state index < -0.39 is 5.54 Å². The largest absolute Gasteiger partial charge is 0.494 e. The first kappa shape index (κ1) is 15.7. The van der Waals surface area contributed by atoms with Crippen LogP contribution in [0.4, 0.5) is 5.13 Å². The van der Waals surface area contributed by atoms with Crippen molar-refractivity contribution in [2.24, 2.45) is 5.73 Å². The monoisotopic (exact) mass is 301 g/mol. The number of thiazole rings is 1. The van der Waals surface area contributed by atoms with Gasteiger partial charge in [0.05, 0.1) is 17.3 Å². The summed E-state index contributed by atoms with van der Waals surface area (Å²) in [6.45, 7) is 3.30. The van der Waals surface area contributed by atoms with Crippen LogP contribution in [0.5, 0.6) is 5.75 Å². The fraction of sp³-hybridized carbons (Fsp3) is 0.333. The molecule has 5 nitrogen and oxygen atoms in total. The summed E-state index contributed by atoms with van der Waals surface area (Å²) in [6.07, 6.45) is 0. The molecule has 104 valence electrons. The van der Waals surface area contributed by atoms with Gasteiger partial charge in [0.15, 0.2) is 5.13 Å². The highest BCUT2D eigenvalue weighted by atomic mass is 35.5. The zero-order valence-corrected chi connectivity index (χ0v) is 12.5. The third kappa shape index (κ3) is 3.34. The van der Waals surface area contributed by atoms with E-state index in [9.17, 15) is 4.79 Å². The number of halogens is 1. The van der Waals surface area contributed by atoms with Gasteiger partial charge in [0.1, 0.15) is 11.3 Å². The van der Waals surface area contributed by atoms with Crippen LogP contribution >= 0.6 is 23.7 Å². The fourth-order valence-electron chi connectivity index (χ4n) is 1.40. The number of fused-ring (bicyclic) bond motifs is 1. The molecule has 0 radical (unpaired) electrons. The molecule has 0 bridgehead atoms. The number of hydrogen-bond donors (Lipinski definition) is 2. The number of aromatic nitrogens is 1. The van der Waals surface area contributed by atoms with Crippen LogP contribution in [0.25, 0.3) is 10.2 Å². The highest BCUT2D eigenvalue weighted by molar-refractivity contribution is 7.22. The summed E-state index contributed by atoms with van der Waals surface area (Å²) in [6, 6.07) is 5.65. The molecule has 19 heavy (non-hydrogen) atoms. The van der Waals surface area contributed by atoms with Crippen molar-refractivity contribution in [2.75, 3.05) is 12.4 Å². The Morgan fingerprint density at radius 2 is 2.16 bits per heavy atom. The van der Waals surface area contributed by atoms with Crippen molar-refractivity contribution in [1.29, 1.82) is 0 Å². The number of amides is 1. The van der Waals surface area contributed by atoms with Crippen LogP contribution in [0, 0.1) is 0 Å². The third-order valence-corrected chi connectivity index (χ3v) is 3.34. The molecule has 7 heteroatoms. The van der Waals surface area contributed by atoms with E-state index in [2.05, 4.69) is 10.3 Å². The van der Waals surface area contributed by atoms with Gasteiger partial charge in [0.25, 0.3) is 0 Å². The lowest BCUT2D eigenvalue weighted by Gasteiger charge is -2.16. The van der Waals surface area contributed by atoms with Crippen molar-refractivity contribution in [1.82, 2.24) is 4.98 Å². The van der Waals surface area contributed by atoms with Crippen LogP contribution in [0.1, 0.15) is 13.8 Å². The standard InChI is InChI=1S/C12H15N3O2S.ClH/c1-12(2,13)10(16)15-11-14-9-7(17-3)5-4-6-8(9)18-11;/h4-6H,13H2,1-3H3,(H,14,15,16);1H. The van der Waals surface area contributed by atoms with Crippen LogP contribution in [0.3, 0.4) is 0 Å². The first-order valence-electron chi connectivity index (χ1n) is 5.45. The number of carbonyl (C=O) groups is 1. The Labute approximate surface area is 121 Å². The highest BCUT2D eigenvalue weighted by Crippen LogP contribution is 2.32. The average Bonchev–Trinajstić information content (AvgIpc) is 2.69. The predicted molar refractivity (Wildman–Crippen MR) is 80.3 cm³/mol. The van der Waals surface area contributed by atoms with Crippen molar-refractivity contribution in [2.45, 2.75) is 19.4 Å². The van der Waals surface area contributed by atoms with Gasteiger partial charge in [-0.1, -0.05) is 17.4 Å². The number of anilines is 1. The smallest absolute Gasteiger partial charge is 0.245 e. The number of hydrogen-bond acceptors (Lipinski definition) is 5. The van der Waals surface area contributed by atoms with E-state index in [1.807, 2.05) is 18.2 Å². The molecule has 0 spiro atoms. The Morgan fingerprint density at radius 3 is 2.74 bits per heavy atom. The number of benzene rings is 1. The van der Waals surface area contributed by atoms with E-state index >= 15 is 0 Å². The quantitative estimate of drug-likeness (QED) is 0.912. The van der Waals surface area contributed by atoms with Gasteiger partial charge in [0.2, 0.25) is 5.91 Å². The predicted octanol–water partition coefficient (Wildman–Crippen LogP) is 2.40. The molecule has 0 atom stereocenters. The number of methoxy groups -OCH3 is 1. The minimum Gasteiger partial charge on any atom is -0.494 e. The van der Waals surface area contributed by atoms with Gasteiger partial charge in [-0.3, -0.25) is 4.79 Å². The normalized spacial score (nSPS) is 10.9. The topological polar surface area (TPSA) is 77.2 Å². The fourth-order valence-corrected chi connectivity index (χ4v) is 2.28. The van der Waals surface area contributed by atoms with E-state index in [4.69, 9.17) is 10.5 Å². The Morgan fingerprint density at radius 1 is 1.47 bits per heavy atom. The minimum absolute atomic E-state index is 0. The van der Waals surface area contributed by atoms with Gasteiger partial charge < -0.3 is 15.8 Å². The second kappa shape index (κ2) is 5.73. The number of ether oxygens (including phenoxy) is 1. The zero-order valence-electron chi connectivity index (χ0n) is 10.9. The molecule has 1 amide bonds. The maximum absolute atomic E-state index is 11.8. The summed E-state index contributed by atoms with van der Waals surface area (Å²) < 4.78 is 6.18. The van der Waals surface area contributed by atoms with E-state index in [0.717, 1.165) is 10.2 Å². The molecule has 1 heterocycles. The average molecular weight is 302 g/mol. The van der Waals surface area contributed by atoms with Crippen LogP contribution in [-0.4, -0.2) is 23.5 Å². The van der Waals surface area contributed by atoms with E-state index in [-0.39, 0.29) is 18.3 Å². The van der Waals surface area contributed by atoms with Crippen LogP contribution in [0.15, 0.2) is 18.2 Å². The lowest BCUT2D eigenvalue weighted by Crippen LogP contribution is -2.45. The highest BCUT2D eigenvalue weighted by Gasteiger charge is 2.23. The SMILES string of the molecule is COc1cccc2sc(NC(=O)C(C)(C)N)nc12.Cl. The van der Waals surface area contributed by atoms with Gasteiger partial charge in [-0.2, -0.15) is 0 Å². The van der Waals surface area contributed by atoms with Crippen LogP contribution in [0.2, 0.25) is 0 Å². The summed E-state index contributed by atoms with van der Waals surface area (Å²) >= 11 is 1.39. The molecule has 0 saturated carbocycles. The second-order valence-corrected chi connectivity index (χ2v) is 5.53. The lowest BCUT2D eigenvalue weighted by molar-refractivity contribution is -0.120. The number of nitrogens with one attached hydrogen (secondary N) is 1. The van der Waals surface area contributed by atoms with E-state index in [0.29, 0.717) is 10.9 Å². The Hall–Kier alpha value is -1.37. The molecule has 0 unspecified atom stereocenters. The molecule has 2 aromatic rings. The molecule has 0 aliphatic heterocycles. The molecule has 2 rings (SSSR count). The Bertz CT molecular complexity index is 592. The van der Waals surface area contributed by atoms with Crippen molar-refractivity contribution < 1.29 is 9.53 Å². The summed E-state index contributed by atoms with van der Waals surface area (Å²) in [4.78, 5) is 16.1. The molecule has 3 N–H and O–H groups in total. The number of carbonyl (C=O) groups excluding carboxylic acids is 1. The number of nitrogens with two attached hydrogens (primary N) is 1.